The van der Waals surface area contributed by atoms with Crippen molar-refractivity contribution in [1.29, 1.82) is 0 Å². The average molecular weight is 487 g/mol. The molecule has 1 heterocycles. The number of halogens is 1. The van der Waals surface area contributed by atoms with E-state index in [-0.39, 0.29) is 36.4 Å². The fraction of sp³-hybridized carbons (Fsp3) is 0.600. The second-order valence-electron chi connectivity index (χ2n) is 6.67. The largest absolute Gasteiger partial charge is 0.375 e. The molecule has 1 saturated heterocycles. The number of amides is 1. The van der Waals surface area contributed by atoms with Gasteiger partial charge in [-0.2, -0.15) is 0 Å². The predicted octanol–water partition coefficient (Wildman–Crippen LogP) is 2.70. The van der Waals surface area contributed by atoms with Crippen LogP contribution < -0.4 is 15.5 Å². The summed E-state index contributed by atoms with van der Waals surface area (Å²) in [7, 11) is 2.12. The lowest BCUT2D eigenvalue weighted by Gasteiger charge is -2.19. The van der Waals surface area contributed by atoms with E-state index in [1.807, 2.05) is 17.9 Å². The summed E-state index contributed by atoms with van der Waals surface area (Å²) in [6.45, 7) is 6.70. The van der Waals surface area contributed by atoms with Crippen molar-refractivity contribution < 1.29 is 4.79 Å². The third-order valence-corrected chi connectivity index (χ3v) is 4.59. The molecule has 2 rings (SSSR count). The molecule has 0 spiro atoms. The second kappa shape index (κ2) is 13.6. The predicted molar refractivity (Wildman–Crippen MR) is 124 cm³/mol. The molecular weight excluding hydrogens is 453 g/mol. The molecule has 152 valence electrons. The Labute approximate surface area is 180 Å². The molecule has 2 N–H and O–H groups in total. The lowest BCUT2D eigenvalue weighted by molar-refractivity contribution is -0.128. The first-order valence-corrected chi connectivity index (χ1v) is 9.77. The van der Waals surface area contributed by atoms with Crippen LogP contribution in [-0.4, -0.2) is 63.1 Å². The molecule has 1 aliphatic rings. The molecule has 0 bridgehead atoms. The molecule has 1 fully saturated rings. The fourth-order valence-corrected chi connectivity index (χ4v) is 3.05. The summed E-state index contributed by atoms with van der Waals surface area (Å²) in [6, 6.07) is 10.4. The number of likely N-dealkylation sites (tertiary alicyclic amines) is 1. The number of guanidine groups is 1. The van der Waals surface area contributed by atoms with Gasteiger partial charge < -0.3 is 20.4 Å². The maximum Gasteiger partial charge on any atom is 0.244 e. The number of carbonyl (C=O) groups is 1. The maximum atomic E-state index is 12.1. The highest BCUT2D eigenvalue weighted by molar-refractivity contribution is 14.0. The van der Waals surface area contributed by atoms with Crippen molar-refractivity contribution in [1.82, 2.24) is 15.5 Å². The molecule has 0 radical (unpaired) electrons. The first kappa shape index (κ1) is 23.5. The molecule has 0 unspecified atom stereocenters. The van der Waals surface area contributed by atoms with Crippen LogP contribution >= 0.6 is 24.0 Å². The van der Waals surface area contributed by atoms with E-state index in [4.69, 9.17) is 0 Å². The first-order valence-electron chi connectivity index (χ1n) is 9.77. The van der Waals surface area contributed by atoms with Gasteiger partial charge in [0, 0.05) is 45.5 Å². The van der Waals surface area contributed by atoms with E-state index in [2.05, 4.69) is 51.8 Å². The highest BCUT2D eigenvalue weighted by atomic mass is 127. The summed E-state index contributed by atoms with van der Waals surface area (Å²) in [5, 5.41) is 6.54. The van der Waals surface area contributed by atoms with Crippen molar-refractivity contribution in [2.75, 3.05) is 51.2 Å². The number of hydrogen-bond acceptors (Lipinski definition) is 3. The summed E-state index contributed by atoms with van der Waals surface area (Å²) in [6.07, 6.45) is 4.39. The topological polar surface area (TPSA) is 60.0 Å². The van der Waals surface area contributed by atoms with Crippen LogP contribution in [0, 0.1) is 0 Å². The normalized spacial score (nSPS) is 13.9. The SMILES string of the molecule is CCNC(=NCC(=O)N1CCCC1)NCCCCN(C)c1ccccc1.I. The van der Waals surface area contributed by atoms with Crippen molar-refractivity contribution in [2.45, 2.75) is 32.6 Å². The van der Waals surface area contributed by atoms with Crippen LogP contribution in [0.5, 0.6) is 0 Å². The maximum absolute atomic E-state index is 12.1. The van der Waals surface area contributed by atoms with Crippen molar-refractivity contribution >= 4 is 41.5 Å². The molecule has 27 heavy (non-hydrogen) atoms. The van der Waals surface area contributed by atoms with Gasteiger partial charge in [0.25, 0.3) is 0 Å². The van der Waals surface area contributed by atoms with E-state index >= 15 is 0 Å². The van der Waals surface area contributed by atoms with Crippen LogP contribution in [-0.2, 0) is 4.79 Å². The summed E-state index contributed by atoms with van der Waals surface area (Å²) < 4.78 is 0. The van der Waals surface area contributed by atoms with Crippen molar-refractivity contribution in [3.8, 4) is 0 Å². The Morgan fingerprint density at radius 3 is 2.52 bits per heavy atom. The number of rotatable bonds is 9. The fourth-order valence-electron chi connectivity index (χ4n) is 3.05. The van der Waals surface area contributed by atoms with Crippen LogP contribution in [0.25, 0.3) is 0 Å². The van der Waals surface area contributed by atoms with Crippen molar-refractivity contribution in [3.63, 3.8) is 0 Å². The molecule has 0 aromatic heterocycles. The van der Waals surface area contributed by atoms with Gasteiger partial charge in [-0.15, -0.1) is 24.0 Å². The molecule has 7 heteroatoms. The number of nitrogens with one attached hydrogen (secondary N) is 2. The highest BCUT2D eigenvalue weighted by Crippen LogP contribution is 2.11. The molecule has 1 aromatic rings. The molecule has 6 nitrogen and oxygen atoms in total. The van der Waals surface area contributed by atoms with Gasteiger partial charge in [-0.25, -0.2) is 4.99 Å². The number of nitrogens with zero attached hydrogens (tertiary/aromatic N) is 3. The minimum absolute atomic E-state index is 0. The Hall–Kier alpha value is -1.51. The second-order valence-corrected chi connectivity index (χ2v) is 6.67. The van der Waals surface area contributed by atoms with E-state index in [1.54, 1.807) is 0 Å². The number of benzene rings is 1. The number of anilines is 1. The van der Waals surface area contributed by atoms with E-state index in [0.717, 1.165) is 64.4 Å². The zero-order chi connectivity index (χ0) is 18.6. The highest BCUT2D eigenvalue weighted by Gasteiger charge is 2.17. The zero-order valence-electron chi connectivity index (χ0n) is 16.6. The van der Waals surface area contributed by atoms with Gasteiger partial charge in [-0.3, -0.25) is 4.79 Å². The number of unbranched alkanes of at least 4 members (excludes halogenated alkanes) is 1. The summed E-state index contributed by atoms with van der Waals surface area (Å²) >= 11 is 0. The monoisotopic (exact) mass is 487 g/mol. The van der Waals surface area contributed by atoms with Crippen molar-refractivity contribution in [3.05, 3.63) is 30.3 Å². The van der Waals surface area contributed by atoms with Gasteiger partial charge in [0.2, 0.25) is 5.91 Å². The van der Waals surface area contributed by atoms with Gasteiger partial charge in [0.15, 0.2) is 5.96 Å². The van der Waals surface area contributed by atoms with Gasteiger partial charge in [-0.1, -0.05) is 18.2 Å². The quantitative estimate of drug-likeness (QED) is 0.244. The van der Waals surface area contributed by atoms with E-state index in [0.29, 0.717) is 0 Å². The number of aliphatic imine (C=N–C) groups is 1. The lowest BCUT2D eigenvalue weighted by Crippen LogP contribution is -2.39. The Morgan fingerprint density at radius 1 is 1.15 bits per heavy atom. The van der Waals surface area contributed by atoms with E-state index in [1.165, 1.54) is 5.69 Å². The first-order chi connectivity index (χ1) is 12.7. The number of para-hydroxylation sites is 1. The Balaban J connectivity index is 0.00000364. The molecular formula is C20H34IN5O. The smallest absolute Gasteiger partial charge is 0.244 e. The third kappa shape index (κ3) is 8.81. The van der Waals surface area contributed by atoms with Gasteiger partial charge in [0.05, 0.1) is 0 Å². The summed E-state index contributed by atoms with van der Waals surface area (Å²) in [5.41, 5.74) is 1.25. The van der Waals surface area contributed by atoms with Crippen LogP contribution in [0.2, 0.25) is 0 Å². The van der Waals surface area contributed by atoms with Crippen molar-refractivity contribution in [2.24, 2.45) is 4.99 Å². The Bertz CT molecular complexity index is 561. The minimum Gasteiger partial charge on any atom is -0.375 e. The van der Waals surface area contributed by atoms with E-state index in [9.17, 15) is 4.79 Å². The third-order valence-electron chi connectivity index (χ3n) is 4.59. The van der Waals surface area contributed by atoms with E-state index < -0.39 is 0 Å². The van der Waals surface area contributed by atoms with Gasteiger partial charge in [-0.05, 0) is 44.7 Å². The number of carbonyl (C=O) groups excluding carboxylic acids is 1. The zero-order valence-corrected chi connectivity index (χ0v) is 18.9. The molecule has 0 aliphatic carbocycles. The Morgan fingerprint density at radius 2 is 1.85 bits per heavy atom. The lowest BCUT2D eigenvalue weighted by atomic mass is 10.2. The Kier molecular flexibility index (Phi) is 11.9. The van der Waals surface area contributed by atoms with Crippen LogP contribution in [0.15, 0.2) is 35.3 Å². The summed E-state index contributed by atoms with van der Waals surface area (Å²) in [4.78, 5) is 20.7. The molecule has 0 atom stereocenters. The summed E-state index contributed by atoms with van der Waals surface area (Å²) in [5.74, 6) is 0.862. The number of hydrogen-bond donors (Lipinski definition) is 2. The van der Waals surface area contributed by atoms with Crippen LogP contribution in [0.4, 0.5) is 5.69 Å². The molecule has 1 aliphatic heterocycles. The molecule has 0 saturated carbocycles. The average Bonchev–Trinajstić information content (AvgIpc) is 3.21. The van der Waals surface area contributed by atoms with Crippen LogP contribution in [0.3, 0.4) is 0 Å². The van der Waals surface area contributed by atoms with Crippen LogP contribution in [0.1, 0.15) is 32.6 Å². The minimum atomic E-state index is 0. The standard InChI is InChI=1S/C20H33N5O.HI/c1-3-21-20(23-17-19(26)25-15-9-10-16-25)22-13-7-8-14-24(2)18-11-5-4-6-12-18;/h4-6,11-12H,3,7-10,13-17H2,1-2H3,(H2,21,22,23);1H. The van der Waals surface area contributed by atoms with Gasteiger partial charge in [0.1, 0.15) is 6.54 Å². The van der Waals surface area contributed by atoms with Gasteiger partial charge >= 0.3 is 0 Å². The molecule has 1 amide bonds. The molecule has 1 aromatic carbocycles.